The second kappa shape index (κ2) is 8.84. The summed E-state index contributed by atoms with van der Waals surface area (Å²) in [6, 6.07) is 3.96. The molecule has 1 unspecified atom stereocenters. The van der Waals surface area contributed by atoms with Gasteiger partial charge in [-0.15, -0.1) is 11.3 Å². The van der Waals surface area contributed by atoms with Crippen LogP contribution in [0.5, 0.6) is 0 Å². The van der Waals surface area contributed by atoms with Gasteiger partial charge in [0.2, 0.25) is 11.8 Å². The number of aliphatic imine (C=N–C) groups is 1. The van der Waals surface area contributed by atoms with Crippen molar-refractivity contribution >= 4 is 23.2 Å². The predicted octanol–water partition coefficient (Wildman–Crippen LogP) is 2.46. The summed E-state index contributed by atoms with van der Waals surface area (Å²) in [7, 11) is 0. The smallest absolute Gasteiger partial charge is 0.236 e. The number of guanidine groups is 1. The Labute approximate surface area is 157 Å². The van der Waals surface area contributed by atoms with Crippen LogP contribution in [0.2, 0.25) is 0 Å². The first-order valence-corrected chi connectivity index (χ1v) is 9.83. The molecule has 0 saturated carbocycles. The van der Waals surface area contributed by atoms with Gasteiger partial charge in [0.05, 0.1) is 11.4 Å². The van der Waals surface area contributed by atoms with Crippen molar-refractivity contribution in [1.29, 1.82) is 0 Å². The van der Waals surface area contributed by atoms with E-state index in [1.165, 1.54) is 0 Å². The number of carbonyl (C=O) groups is 1. The van der Waals surface area contributed by atoms with Crippen LogP contribution in [0.1, 0.15) is 31.9 Å². The third-order valence-corrected chi connectivity index (χ3v) is 5.18. The number of nitrogens with zero attached hydrogens (tertiary/aromatic N) is 3. The number of rotatable bonds is 6. The quantitative estimate of drug-likeness (QED) is 0.597. The molecule has 1 fully saturated rings. The number of thiophene rings is 1. The Morgan fingerprint density at radius 3 is 3.19 bits per heavy atom. The standard InChI is InChI=1S/C18H25N5O2S/c1-2-20-18(23-7-3-5-13(11-23)9-16(19)24)21-10-14-12-25-17(22-14)15-6-4-8-26-15/h4,6,8,12-13H,2-3,5,7,9-11H2,1H3,(H2,19,24)(H,20,21). The Hall–Kier alpha value is -2.35. The molecular formula is C18H25N5O2S. The second-order valence-electron chi connectivity index (χ2n) is 6.42. The summed E-state index contributed by atoms with van der Waals surface area (Å²) in [6.45, 7) is 5.02. The highest BCUT2D eigenvalue weighted by molar-refractivity contribution is 7.13. The SMILES string of the molecule is CCNC(=NCc1coc(-c2cccs2)n1)N1CCCC(CC(N)=O)C1. The van der Waals surface area contributed by atoms with Crippen molar-refractivity contribution < 1.29 is 9.21 Å². The molecule has 3 rings (SSSR count). The van der Waals surface area contributed by atoms with E-state index in [4.69, 9.17) is 15.1 Å². The first-order chi connectivity index (χ1) is 12.7. The van der Waals surface area contributed by atoms with Gasteiger partial charge in [0.25, 0.3) is 0 Å². The third kappa shape index (κ3) is 4.85. The molecule has 0 aliphatic carbocycles. The van der Waals surface area contributed by atoms with Crippen LogP contribution in [0.25, 0.3) is 10.8 Å². The lowest BCUT2D eigenvalue weighted by Crippen LogP contribution is -2.47. The molecule has 3 heterocycles. The number of hydrogen-bond donors (Lipinski definition) is 2. The number of likely N-dealkylation sites (tertiary alicyclic amines) is 1. The van der Waals surface area contributed by atoms with Gasteiger partial charge in [-0.2, -0.15) is 0 Å². The highest BCUT2D eigenvalue weighted by Gasteiger charge is 2.23. The number of oxazole rings is 1. The molecule has 8 heteroatoms. The number of nitrogens with two attached hydrogens (primary N) is 1. The number of primary amides is 1. The molecule has 1 atom stereocenters. The van der Waals surface area contributed by atoms with Crippen LogP contribution in [0.4, 0.5) is 0 Å². The van der Waals surface area contributed by atoms with Crippen molar-refractivity contribution in [2.75, 3.05) is 19.6 Å². The van der Waals surface area contributed by atoms with E-state index >= 15 is 0 Å². The molecule has 0 aromatic carbocycles. The molecule has 2 aromatic heterocycles. The summed E-state index contributed by atoms with van der Waals surface area (Å²) in [5, 5.41) is 5.33. The Morgan fingerprint density at radius 1 is 1.58 bits per heavy atom. The normalized spacial score (nSPS) is 18.1. The van der Waals surface area contributed by atoms with Crippen molar-refractivity contribution in [3.05, 3.63) is 29.5 Å². The zero-order valence-electron chi connectivity index (χ0n) is 15.0. The number of piperidine rings is 1. The Morgan fingerprint density at radius 2 is 2.46 bits per heavy atom. The van der Waals surface area contributed by atoms with Gasteiger partial charge in [-0.05, 0) is 37.1 Å². The van der Waals surface area contributed by atoms with E-state index in [1.807, 2.05) is 24.4 Å². The van der Waals surface area contributed by atoms with Gasteiger partial charge in [-0.1, -0.05) is 6.07 Å². The van der Waals surface area contributed by atoms with E-state index in [2.05, 4.69) is 15.2 Å². The average molecular weight is 375 g/mol. The lowest BCUT2D eigenvalue weighted by molar-refractivity contribution is -0.119. The minimum Gasteiger partial charge on any atom is -0.443 e. The predicted molar refractivity (Wildman–Crippen MR) is 103 cm³/mol. The summed E-state index contributed by atoms with van der Waals surface area (Å²) in [5.41, 5.74) is 6.16. The van der Waals surface area contributed by atoms with Crippen LogP contribution in [0, 0.1) is 5.92 Å². The van der Waals surface area contributed by atoms with Gasteiger partial charge in [0.15, 0.2) is 5.96 Å². The molecule has 1 aliphatic heterocycles. The first-order valence-electron chi connectivity index (χ1n) is 8.95. The minimum absolute atomic E-state index is 0.234. The fourth-order valence-electron chi connectivity index (χ4n) is 3.18. The highest BCUT2D eigenvalue weighted by Crippen LogP contribution is 2.24. The van der Waals surface area contributed by atoms with E-state index in [1.54, 1.807) is 17.6 Å². The van der Waals surface area contributed by atoms with Gasteiger partial charge in [-0.3, -0.25) is 4.79 Å². The first kappa shape index (κ1) is 18.4. The van der Waals surface area contributed by atoms with E-state index in [-0.39, 0.29) is 5.91 Å². The average Bonchev–Trinajstić information content (AvgIpc) is 3.29. The minimum atomic E-state index is -0.234. The van der Waals surface area contributed by atoms with E-state index < -0.39 is 0 Å². The van der Waals surface area contributed by atoms with Gasteiger partial charge in [-0.25, -0.2) is 9.98 Å². The molecule has 0 radical (unpaired) electrons. The highest BCUT2D eigenvalue weighted by atomic mass is 32.1. The monoisotopic (exact) mass is 375 g/mol. The topological polar surface area (TPSA) is 96.8 Å². The molecule has 3 N–H and O–H groups in total. The summed E-state index contributed by atoms with van der Waals surface area (Å²) in [6.07, 6.45) is 4.17. The number of nitrogens with one attached hydrogen (secondary N) is 1. The maximum absolute atomic E-state index is 11.2. The fourth-order valence-corrected chi connectivity index (χ4v) is 3.84. The zero-order valence-corrected chi connectivity index (χ0v) is 15.8. The van der Waals surface area contributed by atoms with Crippen LogP contribution in [-0.4, -0.2) is 41.4 Å². The van der Waals surface area contributed by atoms with Crippen molar-refractivity contribution in [2.24, 2.45) is 16.6 Å². The summed E-state index contributed by atoms with van der Waals surface area (Å²) < 4.78 is 5.55. The van der Waals surface area contributed by atoms with Gasteiger partial charge in [0.1, 0.15) is 12.0 Å². The van der Waals surface area contributed by atoms with Gasteiger partial charge < -0.3 is 20.4 Å². The molecule has 140 valence electrons. The number of amides is 1. The van der Waals surface area contributed by atoms with E-state index in [9.17, 15) is 4.79 Å². The second-order valence-corrected chi connectivity index (χ2v) is 7.36. The molecule has 26 heavy (non-hydrogen) atoms. The van der Waals surface area contributed by atoms with Crippen molar-refractivity contribution in [3.63, 3.8) is 0 Å². The molecule has 2 aromatic rings. The summed E-state index contributed by atoms with van der Waals surface area (Å²) >= 11 is 1.60. The molecule has 0 spiro atoms. The molecule has 1 aliphatic rings. The molecule has 1 saturated heterocycles. The van der Waals surface area contributed by atoms with Crippen LogP contribution >= 0.6 is 11.3 Å². The van der Waals surface area contributed by atoms with E-state index in [0.29, 0.717) is 24.8 Å². The lowest BCUT2D eigenvalue weighted by atomic mass is 9.95. The van der Waals surface area contributed by atoms with Crippen molar-refractivity contribution in [2.45, 2.75) is 32.7 Å². The zero-order chi connectivity index (χ0) is 18.4. The largest absolute Gasteiger partial charge is 0.443 e. The number of aromatic nitrogens is 1. The Balaban J connectivity index is 1.66. The Bertz CT molecular complexity index is 741. The van der Waals surface area contributed by atoms with Crippen LogP contribution in [0.3, 0.4) is 0 Å². The molecule has 1 amide bonds. The maximum Gasteiger partial charge on any atom is 0.236 e. The maximum atomic E-state index is 11.2. The van der Waals surface area contributed by atoms with Crippen LogP contribution in [-0.2, 0) is 11.3 Å². The Kier molecular flexibility index (Phi) is 6.27. The van der Waals surface area contributed by atoms with E-state index in [0.717, 1.165) is 49.0 Å². The van der Waals surface area contributed by atoms with Crippen LogP contribution < -0.4 is 11.1 Å². The fraction of sp³-hybridized carbons (Fsp3) is 0.500. The molecule has 0 bridgehead atoms. The third-order valence-electron chi connectivity index (χ3n) is 4.32. The molecule has 7 nitrogen and oxygen atoms in total. The van der Waals surface area contributed by atoms with Crippen molar-refractivity contribution in [1.82, 2.24) is 15.2 Å². The number of hydrogen-bond acceptors (Lipinski definition) is 5. The van der Waals surface area contributed by atoms with Gasteiger partial charge >= 0.3 is 0 Å². The lowest BCUT2D eigenvalue weighted by Gasteiger charge is -2.34. The summed E-state index contributed by atoms with van der Waals surface area (Å²) in [5.74, 6) is 1.54. The van der Waals surface area contributed by atoms with Crippen LogP contribution in [0.15, 0.2) is 33.2 Å². The molecular weight excluding hydrogens is 350 g/mol. The van der Waals surface area contributed by atoms with Crippen molar-refractivity contribution in [3.8, 4) is 10.8 Å². The van der Waals surface area contributed by atoms with Gasteiger partial charge in [0, 0.05) is 26.1 Å². The number of carbonyl (C=O) groups excluding carboxylic acids is 1. The summed E-state index contributed by atoms with van der Waals surface area (Å²) in [4.78, 5) is 23.7.